The first-order chi connectivity index (χ1) is 14.6. The van der Waals surface area contributed by atoms with E-state index < -0.39 is 39.2 Å². The Morgan fingerprint density at radius 2 is 2.00 bits per heavy atom. The molecule has 10 nitrogen and oxygen atoms in total. The molecule has 14 heteroatoms. The maximum Gasteiger partial charge on any atom is 0.416 e. The van der Waals surface area contributed by atoms with E-state index in [0.29, 0.717) is 30.2 Å². The number of sulfonamides is 1. The fraction of sp³-hybridized carbons (Fsp3) is 0.294. The van der Waals surface area contributed by atoms with Gasteiger partial charge in [-0.15, -0.1) is 0 Å². The molecule has 166 valence electrons. The number of alkyl halides is 3. The molecule has 0 bridgehead atoms. The first-order valence-corrected chi connectivity index (χ1v) is 10.3. The number of fused-ring (bicyclic) bond motifs is 1. The lowest BCUT2D eigenvalue weighted by molar-refractivity contribution is -0.142. The van der Waals surface area contributed by atoms with Gasteiger partial charge in [0, 0.05) is 6.54 Å². The molecular weight excluding hydrogens is 441 g/mol. The Labute approximate surface area is 174 Å². The fourth-order valence-electron chi connectivity index (χ4n) is 2.61. The van der Waals surface area contributed by atoms with Crippen LogP contribution in [0.2, 0.25) is 0 Å². The van der Waals surface area contributed by atoms with Crippen molar-refractivity contribution < 1.29 is 31.1 Å². The van der Waals surface area contributed by atoms with Gasteiger partial charge < -0.3 is 15.0 Å². The first-order valence-electron chi connectivity index (χ1n) is 8.82. The smallest absolute Gasteiger partial charge is 0.416 e. The summed E-state index contributed by atoms with van der Waals surface area (Å²) in [6.07, 6.45) is -1.50. The maximum atomic E-state index is 12.7. The van der Waals surface area contributed by atoms with Crippen molar-refractivity contribution in [3.63, 3.8) is 0 Å². The number of nitrogen functional groups attached to an aromatic ring is 1. The van der Waals surface area contributed by atoms with Crippen LogP contribution in [0.3, 0.4) is 0 Å². The Balaban J connectivity index is 1.48. The molecule has 2 heterocycles. The number of hydrogen-bond acceptors (Lipinski definition) is 8. The number of aromatic nitrogens is 4. The number of esters is 1. The number of carbonyl (C=O) groups is 1. The van der Waals surface area contributed by atoms with Crippen molar-refractivity contribution in [1.29, 1.82) is 0 Å². The highest BCUT2D eigenvalue weighted by Gasteiger charge is 2.31. The number of nitrogens with zero attached hydrogens (tertiary/aromatic N) is 4. The zero-order valence-corrected chi connectivity index (χ0v) is 16.7. The third-order valence-corrected chi connectivity index (χ3v) is 5.51. The van der Waals surface area contributed by atoms with Gasteiger partial charge in [-0.3, -0.25) is 4.79 Å². The van der Waals surface area contributed by atoms with Gasteiger partial charge in [0.15, 0.2) is 11.5 Å². The van der Waals surface area contributed by atoms with E-state index in [1.54, 1.807) is 4.57 Å². The Morgan fingerprint density at radius 1 is 1.23 bits per heavy atom. The number of ether oxygens (including phenoxy) is 1. The van der Waals surface area contributed by atoms with Crippen LogP contribution in [0.25, 0.3) is 11.2 Å². The van der Waals surface area contributed by atoms with E-state index in [4.69, 9.17) is 10.5 Å². The summed E-state index contributed by atoms with van der Waals surface area (Å²) in [5, 5.41) is 0. The highest BCUT2D eigenvalue weighted by Crippen LogP contribution is 2.30. The summed E-state index contributed by atoms with van der Waals surface area (Å²) in [5.41, 5.74) is 5.55. The summed E-state index contributed by atoms with van der Waals surface area (Å²) in [6, 6.07) is 3.19. The van der Waals surface area contributed by atoms with Crippen LogP contribution >= 0.6 is 0 Å². The van der Waals surface area contributed by atoms with E-state index in [0.717, 1.165) is 18.2 Å². The van der Waals surface area contributed by atoms with Gasteiger partial charge in [0.2, 0.25) is 10.0 Å². The van der Waals surface area contributed by atoms with Gasteiger partial charge >= 0.3 is 12.1 Å². The zero-order chi connectivity index (χ0) is 22.6. The van der Waals surface area contributed by atoms with Crippen molar-refractivity contribution in [3.05, 3.63) is 42.5 Å². The normalized spacial score (nSPS) is 12.2. The third kappa shape index (κ3) is 5.46. The monoisotopic (exact) mass is 458 g/mol. The number of halogens is 3. The molecule has 0 spiro atoms. The van der Waals surface area contributed by atoms with E-state index in [-0.39, 0.29) is 12.4 Å². The highest BCUT2D eigenvalue weighted by molar-refractivity contribution is 7.89. The molecule has 0 saturated heterocycles. The summed E-state index contributed by atoms with van der Waals surface area (Å²) >= 11 is 0. The predicted octanol–water partition coefficient (Wildman–Crippen LogP) is 1.34. The molecule has 0 fully saturated rings. The number of carbonyl (C=O) groups excluding carboxylic acids is 1. The number of rotatable bonds is 8. The van der Waals surface area contributed by atoms with Gasteiger partial charge in [-0.25, -0.2) is 23.4 Å². The largest absolute Gasteiger partial charge is 0.465 e. The molecule has 3 aromatic rings. The van der Waals surface area contributed by atoms with Crippen molar-refractivity contribution in [1.82, 2.24) is 24.2 Å². The first kappa shape index (κ1) is 22.4. The summed E-state index contributed by atoms with van der Waals surface area (Å²) < 4.78 is 71.1. The van der Waals surface area contributed by atoms with E-state index >= 15 is 0 Å². The fourth-order valence-corrected chi connectivity index (χ4v) is 3.63. The number of imidazole rings is 1. The van der Waals surface area contributed by atoms with E-state index in [2.05, 4.69) is 15.0 Å². The maximum absolute atomic E-state index is 12.7. The molecule has 0 aliphatic rings. The molecule has 0 unspecified atom stereocenters. The van der Waals surface area contributed by atoms with Crippen LogP contribution < -0.4 is 10.5 Å². The molecule has 0 aliphatic carbocycles. The molecule has 0 amide bonds. The average Bonchev–Trinajstić information content (AvgIpc) is 3.14. The van der Waals surface area contributed by atoms with Crippen LogP contribution in [0.15, 0.2) is 41.8 Å². The third-order valence-electron chi connectivity index (χ3n) is 4.11. The highest BCUT2D eigenvalue weighted by atomic mass is 32.2. The van der Waals surface area contributed by atoms with E-state index in [1.807, 2.05) is 4.72 Å². The second kappa shape index (κ2) is 8.85. The van der Waals surface area contributed by atoms with Crippen molar-refractivity contribution >= 4 is 33.0 Å². The Hall–Kier alpha value is -3.26. The second-order valence-electron chi connectivity index (χ2n) is 6.29. The topological polar surface area (TPSA) is 142 Å². The van der Waals surface area contributed by atoms with Gasteiger partial charge in [-0.1, -0.05) is 6.07 Å². The molecule has 0 saturated carbocycles. The van der Waals surface area contributed by atoms with Crippen molar-refractivity contribution in [2.75, 3.05) is 18.9 Å². The summed E-state index contributed by atoms with van der Waals surface area (Å²) in [7, 11) is -4.32. The SMILES string of the molecule is Nc1ncnc2c1ncn2CCCOC(=O)CNS(=O)(=O)c1cccc(C(F)(F)F)c1. The van der Waals surface area contributed by atoms with Crippen LogP contribution in [0, 0.1) is 0 Å². The van der Waals surface area contributed by atoms with Gasteiger partial charge in [0.25, 0.3) is 0 Å². The molecule has 0 atom stereocenters. The molecule has 0 aliphatic heterocycles. The Morgan fingerprint density at radius 3 is 2.74 bits per heavy atom. The molecule has 0 radical (unpaired) electrons. The lowest BCUT2D eigenvalue weighted by Gasteiger charge is -2.10. The van der Waals surface area contributed by atoms with Gasteiger partial charge in [-0.05, 0) is 24.6 Å². The standard InChI is InChI=1S/C17H17F3N6O4S/c18-17(19,20)11-3-1-4-12(7-11)31(28,29)25-8-13(27)30-6-2-5-26-10-24-14-15(21)22-9-23-16(14)26/h1,3-4,7,9-10,25H,2,5-6,8H2,(H2,21,22,23). The molecule has 1 aromatic carbocycles. The predicted molar refractivity (Wildman–Crippen MR) is 102 cm³/mol. The Kier molecular flexibility index (Phi) is 6.40. The average molecular weight is 458 g/mol. The van der Waals surface area contributed by atoms with Gasteiger partial charge in [-0.2, -0.15) is 17.9 Å². The lowest BCUT2D eigenvalue weighted by atomic mass is 10.2. The van der Waals surface area contributed by atoms with Gasteiger partial charge in [0.05, 0.1) is 23.4 Å². The molecule has 2 aromatic heterocycles. The molecule has 3 rings (SSSR count). The van der Waals surface area contributed by atoms with Crippen LogP contribution in [0.1, 0.15) is 12.0 Å². The number of nitrogens with two attached hydrogens (primary N) is 1. The lowest BCUT2D eigenvalue weighted by Crippen LogP contribution is -2.31. The van der Waals surface area contributed by atoms with Crippen molar-refractivity contribution in [2.45, 2.75) is 24.0 Å². The number of nitrogens with one attached hydrogen (secondary N) is 1. The van der Waals surface area contributed by atoms with Crippen LogP contribution in [0.5, 0.6) is 0 Å². The van der Waals surface area contributed by atoms with Gasteiger partial charge in [0.1, 0.15) is 18.4 Å². The summed E-state index contributed by atoms with van der Waals surface area (Å²) in [5.74, 6) is -0.638. The second-order valence-corrected chi connectivity index (χ2v) is 8.06. The van der Waals surface area contributed by atoms with Crippen LogP contribution in [0.4, 0.5) is 19.0 Å². The minimum absolute atomic E-state index is 0.0235. The van der Waals surface area contributed by atoms with E-state index in [9.17, 15) is 26.4 Å². The van der Waals surface area contributed by atoms with Crippen molar-refractivity contribution in [3.8, 4) is 0 Å². The van der Waals surface area contributed by atoms with Crippen LogP contribution in [-0.4, -0.2) is 47.1 Å². The number of hydrogen-bond donors (Lipinski definition) is 2. The zero-order valence-electron chi connectivity index (χ0n) is 15.8. The molecular formula is C17H17F3N6O4S. The minimum Gasteiger partial charge on any atom is -0.465 e. The van der Waals surface area contributed by atoms with Crippen LogP contribution in [-0.2, 0) is 32.3 Å². The van der Waals surface area contributed by atoms with E-state index in [1.165, 1.54) is 12.7 Å². The number of benzene rings is 1. The van der Waals surface area contributed by atoms with Crippen molar-refractivity contribution in [2.24, 2.45) is 0 Å². The number of aryl methyl sites for hydroxylation is 1. The molecule has 3 N–H and O–H groups in total. The summed E-state index contributed by atoms with van der Waals surface area (Å²) in [6.45, 7) is -0.350. The Bertz CT molecular complexity index is 1200. The number of anilines is 1. The summed E-state index contributed by atoms with van der Waals surface area (Å²) in [4.78, 5) is 23.2. The quantitative estimate of drug-likeness (QED) is 0.380. The molecule has 31 heavy (non-hydrogen) atoms. The minimum atomic E-state index is -4.69.